The second kappa shape index (κ2) is 7.57. The molecule has 7 nitrogen and oxygen atoms in total. The number of carbonyl (C=O) groups is 1. The van der Waals surface area contributed by atoms with E-state index >= 15 is 0 Å². The van der Waals surface area contributed by atoms with E-state index in [1.54, 1.807) is 35.7 Å². The van der Waals surface area contributed by atoms with E-state index in [2.05, 4.69) is 5.32 Å². The smallest absolute Gasteiger partial charge is 0.336 e. The summed E-state index contributed by atoms with van der Waals surface area (Å²) >= 11 is 1.24. The minimum absolute atomic E-state index is 0.151. The molecular weight excluding hydrogens is 354 g/mol. The number of para-hydroxylation sites is 2. The lowest BCUT2D eigenvalue weighted by Crippen LogP contribution is -2.41. The van der Waals surface area contributed by atoms with Crippen molar-refractivity contribution in [1.29, 1.82) is 0 Å². The van der Waals surface area contributed by atoms with Gasteiger partial charge < -0.3 is 10.1 Å². The van der Waals surface area contributed by atoms with Crippen LogP contribution in [0.4, 0.5) is 0 Å². The standard InChI is InChI=1S/C18H19N3O4S/c1-3-9-19-15(22)11-20-13-8-10-26-16(13)17(23)21(18(20)24)12-6-4-5-7-14(12)25-2/h4-8,10H,3,9,11H2,1-2H3,(H,19,22). The van der Waals surface area contributed by atoms with Gasteiger partial charge in [-0.15, -0.1) is 11.3 Å². The number of methoxy groups -OCH3 is 1. The monoisotopic (exact) mass is 373 g/mol. The highest BCUT2D eigenvalue weighted by Gasteiger charge is 2.19. The van der Waals surface area contributed by atoms with E-state index in [0.29, 0.717) is 28.2 Å². The first-order valence-corrected chi connectivity index (χ1v) is 9.09. The fourth-order valence-corrected chi connectivity index (χ4v) is 3.56. The number of hydrogen-bond donors (Lipinski definition) is 1. The molecule has 0 aliphatic heterocycles. The summed E-state index contributed by atoms with van der Waals surface area (Å²) in [6.07, 6.45) is 0.801. The lowest BCUT2D eigenvalue weighted by atomic mass is 10.3. The second-order valence-corrected chi connectivity index (χ2v) is 6.58. The number of benzene rings is 1. The van der Waals surface area contributed by atoms with E-state index in [4.69, 9.17) is 4.74 Å². The van der Waals surface area contributed by atoms with Crippen molar-refractivity contribution in [2.75, 3.05) is 13.7 Å². The first kappa shape index (κ1) is 17.9. The van der Waals surface area contributed by atoms with Crippen LogP contribution < -0.4 is 21.3 Å². The normalized spacial score (nSPS) is 10.8. The predicted octanol–water partition coefficient (Wildman–Crippen LogP) is 1.75. The highest BCUT2D eigenvalue weighted by Crippen LogP contribution is 2.21. The first-order chi connectivity index (χ1) is 12.6. The number of ether oxygens (including phenoxy) is 1. The van der Waals surface area contributed by atoms with Crippen molar-refractivity contribution < 1.29 is 9.53 Å². The van der Waals surface area contributed by atoms with Crippen molar-refractivity contribution in [3.05, 3.63) is 56.5 Å². The van der Waals surface area contributed by atoms with Crippen LogP contribution in [0, 0.1) is 0 Å². The van der Waals surface area contributed by atoms with Crippen LogP contribution in [0.5, 0.6) is 5.75 Å². The molecule has 0 saturated carbocycles. The Kier molecular flexibility index (Phi) is 5.22. The second-order valence-electron chi connectivity index (χ2n) is 5.67. The van der Waals surface area contributed by atoms with E-state index in [0.717, 1.165) is 11.0 Å². The van der Waals surface area contributed by atoms with Gasteiger partial charge in [0.15, 0.2) is 0 Å². The molecule has 3 rings (SSSR count). The van der Waals surface area contributed by atoms with Crippen LogP contribution >= 0.6 is 11.3 Å². The first-order valence-electron chi connectivity index (χ1n) is 8.21. The van der Waals surface area contributed by atoms with Gasteiger partial charge in [0.2, 0.25) is 5.91 Å². The van der Waals surface area contributed by atoms with Crippen LogP contribution in [0.25, 0.3) is 15.9 Å². The van der Waals surface area contributed by atoms with Gasteiger partial charge in [0.1, 0.15) is 17.0 Å². The van der Waals surface area contributed by atoms with E-state index < -0.39 is 11.2 Å². The molecule has 136 valence electrons. The zero-order valence-corrected chi connectivity index (χ0v) is 15.3. The molecule has 0 atom stereocenters. The quantitative estimate of drug-likeness (QED) is 0.714. The van der Waals surface area contributed by atoms with Crippen LogP contribution in [0.2, 0.25) is 0 Å². The van der Waals surface area contributed by atoms with Crippen LogP contribution in [0.3, 0.4) is 0 Å². The van der Waals surface area contributed by atoms with Crippen LogP contribution in [0.15, 0.2) is 45.3 Å². The summed E-state index contributed by atoms with van der Waals surface area (Å²) < 4.78 is 8.09. The summed E-state index contributed by atoms with van der Waals surface area (Å²) in [5.41, 5.74) is -0.183. The molecular formula is C18H19N3O4S. The lowest BCUT2D eigenvalue weighted by molar-refractivity contribution is -0.121. The number of nitrogens with zero attached hydrogens (tertiary/aromatic N) is 2. The van der Waals surface area contributed by atoms with Crippen LogP contribution in [0.1, 0.15) is 13.3 Å². The molecule has 1 N–H and O–H groups in total. The molecule has 1 aromatic carbocycles. The maximum Gasteiger partial charge on any atom is 0.336 e. The van der Waals surface area contributed by atoms with Crippen molar-refractivity contribution in [3.63, 3.8) is 0 Å². The Morgan fingerprint density at radius 2 is 2.00 bits per heavy atom. The van der Waals surface area contributed by atoms with E-state index in [9.17, 15) is 14.4 Å². The van der Waals surface area contributed by atoms with Crippen molar-refractivity contribution in [2.45, 2.75) is 19.9 Å². The molecule has 3 aromatic rings. The molecule has 0 saturated heterocycles. The molecule has 0 bridgehead atoms. The number of thiophene rings is 1. The number of fused-ring (bicyclic) bond motifs is 1. The Balaban J connectivity index is 2.23. The number of amides is 1. The molecule has 0 aliphatic rings. The summed E-state index contributed by atoms with van der Waals surface area (Å²) in [5.74, 6) is 0.135. The number of aromatic nitrogens is 2. The Hall–Kier alpha value is -2.87. The zero-order valence-electron chi connectivity index (χ0n) is 14.5. The number of rotatable bonds is 6. The Labute approximate surface area is 153 Å². The third kappa shape index (κ3) is 3.15. The molecule has 2 heterocycles. The minimum Gasteiger partial charge on any atom is -0.495 e. The predicted molar refractivity (Wildman–Crippen MR) is 102 cm³/mol. The molecule has 0 unspecified atom stereocenters. The Morgan fingerprint density at radius 3 is 2.73 bits per heavy atom. The molecule has 1 amide bonds. The van der Waals surface area contributed by atoms with Gasteiger partial charge in [0.25, 0.3) is 5.56 Å². The summed E-state index contributed by atoms with van der Waals surface area (Å²) in [4.78, 5) is 38.1. The van der Waals surface area contributed by atoms with Gasteiger partial charge in [-0.25, -0.2) is 9.36 Å². The maximum absolute atomic E-state index is 13.1. The summed E-state index contributed by atoms with van der Waals surface area (Å²) in [5, 5.41) is 4.49. The molecule has 8 heteroatoms. The minimum atomic E-state index is -0.572. The molecule has 2 aromatic heterocycles. The zero-order chi connectivity index (χ0) is 18.7. The topological polar surface area (TPSA) is 82.3 Å². The third-order valence-electron chi connectivity index (χ3n) is 3.95. The van der Waals surface area contributed by atoms with Gasteiger partial charge in [0.05, 0.1) is 18.3 Å². The van der Waals surface area contributed by atoms with Gasteiger partial charge in [-0.05, 0) is 30.0 Å². The van der Waals surface area contributed by atoms with E-state index in [-0.39, 0.29) is 12.5 Å². The SMILES string of the molecule is CCCNC(=O)Cn1c(=O)n(-c2ccccc2OC)c(=O)c2sccc21. The fourth-order valence-electron chi connectivity index (χ4n) is 2.73. The van der Waals surface area contributed by atoms with Gasteiger partial charge in [-0.3, -0.25) is 14.2 Å². The Bertz CT molecular complexity index is 1060. The molecule has 0 fully saturated rings. The third-order valence-corrected chi connectivity index (χ3v) is 4.85. The average molecular weight is 373 g/mol. The number of nitrogens with one attached hydrogen (secondary N) is 1. The lowest BCUT2D eigenvalue weighted by Gasteiger charge is -2.14. The van der Waals surface area contributed by atoms with Crippen LogP contribution in [-0.2, 0) is 11.3 Å². The maximum atomic E-state index is 13.1. The van der Waals surface area contributed by atoms with Gasteiger partial charge in [-0.1, -0.05) is 19.1 Å². The number of carbonyl (C=O) groups excluding carboxylic acids is 1. The summed E-state index contributed by atoms with van der Waals surface area (Å²) in [7, 11) is 1.48. The van der Waals surface area contributed by atoms with E-state index in [1.807, 2.05) is 6.92 Å². The van der Waals surface area contributed by atoms with Crippen molar-refractivity contribution >= 4 is 27.5 Å². The largest absolute Gasteiger partial charge is 0.495 e. The highest BCUT2D eigenvalue weighted by atomic mass is 32.1. The molecule has 0 radical (unpaired) electrons. The molecule has 0 spiro atoms. The summed E-state index contributed by atoms with van der Waals surface area (Å²) in [6.45, 7) is 2.33. The van der Waals surface area contributed by atoms with Gasteiger partial charge in [0, 0.05) is 6.54 Å². The average Bonchev–Trinajstić information content (AvgIpc) is 3.14. The Morgan fingerprint density at radius 1 is 1.23 bits per heavy atom. The molecule has 0 aliphatic carbocycles. The van der Waals surface area contributed by atoms with Crippen LogP contribution in [-0.4, -0.2) is 28.7 Å². The van der Waals surface area contributed by atoms with Crippen molar-refractivity contribution in [2.24, 2.45) is 0 Å². The van der Waals surface area contributed by atoms with Gasteiger partial charge in [-0.2, -0.15) is 0 Å². The van der Waals surface area contributed by atoms with Crippen molar-refractivity contribution in [3.8, 4) is 11.4 Å². The summed E-state index contributed by atoms with van der Waals surface area (Å²) in [6, 6.07) is 8.48. The van der Waals surface area contributed by atoms with Gasteiger partial charge >= 0.3 is 5.69 Å². The molecule has 26 heavy (non-hydrogen) atoms. The fraction of sp³-hybridized carbons (Fsp3) is 0.278. The van der Waals surface area contributed by atoms with E-state index in [1.165, 1.54) is 23.0 Å². The number of hydrogen-bond acceptors (Lipinski definition) is 5. The van der Waals surface area contributed by atoms with Crippen molar-refractivity contribution in [1.82, 2.24) is 14.5 Å². The highest BCUT2D eigenvalue weighted by molar-refractivity contribution is 7.17.